The molecule has 2 N–H and O–H groups in total. The van der Waals surface area contributed by atoms with Crippen molar-refractivity contribution in [1.82, 2.24) is 20.5 Å². The molecule has 2 atom stereocenters. The second kappa shape index (κ2) is 12.8. The first-order chi connectivity index (χ1) is 21.7. The summed E-state index contributed by atoms with van der Waals surface area (Å²) in [7, 11) is 1.46. The fourth-order valence-electron chi connectivity index (χ4n) is 5.45. The fourth-order valence-corrected chi connectivity index (χ4v) is 5.45. The monoisotopic (exact) mass is 670 g/mol. The Morgan fingerprint density at radius 1 is 1.02 bits per heavy atom. The van der Waals surface area contributed by atoms with Crippen LogP contribution in [0.4, 0.5) is 31.1 Å². The summed E-state index contributed by atoms with van der Waals surface area (Å²) in [6.07, 6.45) is -11.9. The van der Waals surface area contributed by atoms with Crippen molar-refractivity contribution in [3.05, 3.63) is 65.2 Å². The molecule has 2 aliphatic heterocycles. The number of nitrogens with one attached hydrogen (secondary N) is 2. The summed E-state index contributed by atoms with van der Waals surface area (Å²) in [6, 6.07) is 7.65. The highest BCUT2D eigenvalue weighted by molar-refractivity contribution is 6.13. The van der Waals surface area contributed by atoms with Crippen molar-refractivity contribution < 1.29 is 55.4 Å². The van der Waals surface area contributed by atoms with E-state index in [9.17, 15) is 50.6 Å². The number of carbonyl (C=O) groups excluding carboxylic acids is 4. The SMILES string of the molecule is CN1N=C2CCN(C(=O)[C@@H](COc3cc(C(F)(F)F)cc(C(F)(F)F)c3)NC(=O)C(C)(C)NC(=O)[O-])C[C@@]2(Cc2ccccc2)C1=O. The van der Waals surface area contributed by atoms with Crippen LogP contribution in [0.5, 0.6) is 5.75 Å². The Balaban J connectivity index is 1.67. The molecule has 0 radical (unpaired) electrons. The zero-order valence-electron chi connectivity index (χ0n) is 25.3. The molecule has 0 aromatic heterocycles. The molecule has 254 valence electrons. The number of likely N-dealkylation sites (tertiary alicyclic amines) is 1. The standard InChI is InChI=1S/C30H31F6N5O6/c1-27(2,38-26(45)46)24(43)37-21(15-47-20-12-18(29(31,32)33)11-19(13-20)30(34,35)36)23(42)41-10-9-22-28(16-41,25(44)40(3)39-22)14-17-7-5-4-6-8-17/h4-8,11-13,21,38H,9-10,14-16H2,1-3H3,(H,37,43)(H,45,46)/p-1/t21-,28-/m1/s1. The number of rotatable bonds is 9. The number of carboxylic acid groups (broad SMARTS) is 1. The molecule has 1 saturated heterocycles. The number of piperidine rings is 1. The van der Waals surface area contributed by atoms with Crippen LogP contribution in [-0.2, 0) is 33.2 Å². The van der Waals surface area contributed by atoms with Crippen molar-refractivity contribution in [1.29, 1.82) is 0 Å². The zero-order valence-corrected chi connectivity index (χ0v) is 25.3. The molecule has 0 bridgehead atoms. The van der Waals surface area contributed by atoms with Gasteiger partial charge in [0.2, 0.25) is 11.8 Å². The summed E-state index contributed by atoms with van der Waals surface area (Å²) in [4.78, 5) is 52.9. The van der Waals surface area contributed by atoms with Gasteiger partial charge in [-0.3, -0.25) is 14.4 Å². The molecular weight excluding hydrogens is 640 g/mol. The number of halogens is 6. The summed E-state index contributed by atoms with van der Waals surface area (Å²) in [5, 5.41) is 20.8. The van der Waals surface area contributed by atoms with Gasteiger partial charge in [-0.1, -0.05) is 30.3 Å². The van der Waals surface area contributed by atoms with Crippen molar-refractivity contribution >= 4 is 29.5 Å². The van der Waals surface area contributed by atoms with Crippen LogP contribution in [0.25, 0.3) is 0 Å². The van der Waals surface area contributed by atoms with Crippen LogP contribution in [-0.4, -0.2) is 77.8 Å². The maximum absolute atomic E-state index is 14.0. The summed E-state index contributed by atoms with van der Waals surface area (Å²) < 4.78 is 85.9. The van der Waals surface area contributed by atoms with E-state index in [1.165, 1.54) is 11.9 Å². The van der Waals surface area contributed by atoms with Crippen LogP contribution in [0.15, 0.2) is 53.6 Å². The lowest BCUT2D eigenvalue weighted by Crippen LogP contribution is -2.63. The molecule has 2 aromatic rings. The molecule has 2 aliphatic rings. The van der Waals surface area contributed by atoms with E-state index in [2.05, 4.69) is 10.4 Å². The predicted molar refractivity (Wildman–Crippen MR) is 150 cm³/mol. The molecular formula is C30H30F6N5O6-. The lowest BCUT2D eigenvalue weighted by atomic mass is 9.73. The van der Waals surface area contributed by atoms with Crippen molar-refractivity contribution in [2.45, 2.75) is 50.6 Å². The smallest absolute Gasteiger partial charge is 0.416 e. The molecule has 4 rings (SSSR count). The largest absolute Gasteiger partial charge is 0.530 e. The molecule has 11 nitrogen and oxygen atoms in total. The van der Waals surface area contributed by atoms with Gasteiger partial charge in [0.25, 0.3) is 5.91 Å². The number of fused-ring (bicyclic) bond motifs is 1. The molecule has 47 heavy (non-hydrogen) atoms. The van der Waals surface area contributed by atoms with Crippen molar-refractivity contribution in [3.8, 4) is 5.75 Å². The third-order valence-electron chi connectivity index (χ3n) is 7.83. The van der Waals surface area contributed by atoms with Crippen LogP contribution >= 0.6 is 0 Å². The van der Waals surface area contributed by atoms with Crippen molar-refractivity contribution in [2.75, 3.05) is 26.7 Å². The summed E-state index contributed by atoms with van der Waals surface area (Å²) >= 11 is 0. The van der Waals surface area contributed by atoms with Gasteiger partial charge in [0.05, 0.1) is 16.8 Å². The topological polar surface area (TPSA) is 143 Å². The van der Waals surface area contributed by atoms with E-state index in [1.54, 1.807) is 30.3 Å². The molecule has 2 heterocycles. The van der Waals surface area contributed by atoms with E-state index in [1.807, 2.05) is 5.32 Å². The lowest BCUT2D eigenvalue weighted by molar-refractivity contribution is -0.252. The predicted octanol–water partition coefficient (Wildman–Crippen LogP) is 2.59. The number of carbonyl (C=O) groups is 4. The first kappa shape index (κ1) is 35.0. The van der Waals surface area contributed by atoms with Gasteiger partial charge in [0.15, 0.2) is 0 Å². The first-order valence-electron chi connectivity index (χ1n) is 14.1. The molecule has 0 saturated carbocycles. The Hall–Kier alpha value is -4.83. The van der Waals surface area contributed by atoms with E-state index in [0.717, 1.165) is 24.4 Å². The number of nitrogens with zero attached hydrogens (tertiary/aromatic N) is 3. The van der Waals surface area contributed by atoms with Gasteiger partial charge in [-0.2, -0.15) is 31.4 Å². The Kier molecular flexibility index (Phi) is 9.51. The van der Waals surface area contributed by atoms with Crippen molar-refractivity contribution in [3.63, 3.8) is 0 Å². The van der Waals surface area contributed by atoms with Gasteiger partial charge in [-0.05, 0) is 44.0 Å². The number of hydrogen-bond acceptors (Lipinski definition) is 7. The van der Waals surface area contributed by atoms with E-state index in [-0.39, 0.29) is 32.0 Å². The minimum Gasteiger partial charge on any atom is -0.530 e. The zero-order chi connectivity index (χ0) is 34.9. The minimum atomic E-state index is -5.18. The highest BCUT2D eigenvalue weighted by atomic mass is 19.4. The average Bonchev–Trinajstić information content (AvgIpc) is 3.21. The molecule has 0 aliphatic carbocycles. The molecule has 4 amide bonds. The second-order valence-corrected chi connectivity index (χ2v) is 11.7. The molecule has 1 fully saturated rings. The fraction of sp³-hybridized carbons (Fsp3) is 0.433. The maximum Gasteiger partial charge on any atom is 0.416 e. The number of ether oxygens (including phenoxy) is 1. The molecule has 2 aromatic carbocycles. The molecule has 17 heteroatoms. The van der Waals surface area contributed by atoms with Gasteiger partial charge in [0.1, 0.15) is 35.4 Å². The average molecular weight is 671 g/mol. The first-order valence-corrected chi connectivity index (χ1v) is 14.1. The van der Waals surface area contributed by atoms with E-state index in [4.69, 9.17) is 4.74 Å². The second-order valence-electron chi connectivity index (χ2n) is 11.7. The Bertz CT molecular complexity index is 1550. The Labute approximate surface area is 264 Å². The van der Waals surface area contributed by atoms with Crippen LogP contribution in [0.2, 0.25) is 0 Å². The number of benzene rings is 2. The number of amides is 4. The highest BCUT2D eigenvalue weighted by Gasteiger charge is 2.54. The summed E-state index contributed by atoms with van der Waals surface area (Å²) in [5.74, 6) is -3.28. The van der Waals surface area contributed by atoms with Gasteiger partial charge in [0, 0.05) is 26.6 Å². The van der Waals surface area contributed by atoms with Crippen LogP contribution in [0.3, 0.4) is 0 Å². The van der Waals surface area contributed by atoms with Crippen LogP contribution in [0.1, 0.15) is 37.0 Å². The van der Waals surface area contributed by atoms with Gasteiger partial charge < -0.3 is 30.2 Å². The quantitative estimate of drug-likeness (QED) is 0.393. The molecule has 0 spiro atoms. The van der Waals surface area contributed by atoms with Gasteiger partial charge >= 0.3 is 12.4 Å². The Morgan fingerprint density at radius 2 is 1.62 bits per heavy atom. The van der Waals surface area contributed by atoms with E-state index in [0.29, 0.717) is 17.8 Å². The van der Waals surface area contributed by atoms with E-state index < -0.39 is 76.6 Å². The third-order valence-corrected chi connectivity index (χ3v) is 7.83. The normalized spacial score (nSPS) is 19.1. The summed E-state index contributed by atoms with van der Waals surface area (Å²) in [5.41, 5.74) is -5.25. The Morgan fingerprint density at radius 3 is 2.17 bits per heavy atom. The minimum absolute atomic E-state index is 0.00976. The highest BCUT2D eigenvalue weighted by Crippen LogP contribution is 2.40. The van der Waals surface area contributed by atoms with Gasteiger partial charge in [-0.25, -0.2) is 5.01 Å². The number of alkyl halides is 6. The van der Waals surface area contributed by atoms with Crippen LogP contribution < -0.4 is 20.5 Å². The number of hydrogen-bond donors (Lipinski definition) is 2. The number of hydrazone groups is 1. The van der Waals surface area contributed by atoms with Gasteiger partial charge in [-0.15, -0.1) is 0 Å². The maximum atomic E-state index is 14.0. The summed E-state index contributed by atoms with van der Waals surface area (Å²) in [6.45, 7) is 1.08. The third kappa shape index (κ3) is 7.77. The lowest BCUT2D eigenvalue weighted by Gasteiger charge is -2.41. The van der Waals surface area contributed by atoms with E-state index >= 15 is 0 Å². The molecule has 0 unspecified atom stereocenters. The van der Waals surface area contributed by atoms with Crippen molar-refractivity contribution in [2.24, 2.45) is 10.5 Å². The van der Waals surface area contributed by atoms with Crippen LogP contribution in [0, 0.1) is 5.41 Å².